The zero-order chi connectivity index (χ0) is 20.4. The summed E-state index contributed by atoms with van der Waals surface area (Å²) in [5.41, 5.74) is 1.35. The van der Waals surface area contributed by atoms with Gasteiger partial charge in [0.1, 0.15) is 17.2 Å². The molecule has 2 aromatic rings. The molecule has 1 N–H and O–H groups in total. The Bertz CT molecular complexity index is 908. The summed E-state index contributed by atoms with van der Waals surface area (Å²) in [6.07, 6.45) is 3.37. The van der Waals surface area contributed by atoms with E-state index < -0.39 is 0 Å². The average Bonchev–Trinajstić information content (AvgIpc) is 3.30. The van der Waals surface area contributed by atoms with Crippen LogP contribution in [-0.4, -0.2) is 70.6 Å². The van der Waals surface area contributed by atoms with Crippen LogP contribution in [0.4, 0.5) is 10.5 Å². The van der Waals surface area contributed by atoms with Crippen molar-refractivity contribution in [3.63, 3.8) is 0 Å². The van der Waals surface area contributed by atoms with Crippen molar-refractivity contribution in [3.05, 3.63) is 30.1 Å². The van der Waals surface area contributed by atoms with Gasteiger partial charge in [-0.2, -0.15) is 0 Å². The Kier molecular flexibility index (Phi) is 5.24. The highest BCUT2D eigenvalue weighted by molar-refractivity contribution is 5.91. The van der Waals surface area contributed by atoms with Gasteiger partial charge in [-0.3, -0.25) is 4.79 Å². The fourth-order valence-corrected chi connectivity index (χ4v) is 3.52. The number of benzene rings is 1. The number of urea groups is 1. The third kappa shape index (κ3) is 3.96. The van der Waals surface area contributed by atoms with E-state index >= 15 is 0 Å². The van der Waals surface area contributed by atoms with Crippen molar-refractivity contribution in [1.29, 1.82) is 0 Å². The van der Waals surface area contributed by atoms with Gasteiger partial charge in [0, 0.05) is 32.1 Å². The maximum absolute atomic E-state index is 12.5. The standard InChI is InChI=1S/C19H24N6O4/c1-28-15-5-6-16(17(8-15)29-2)20-19(27)24-11-14(12-24)25-10-13(21-22-25)9-23-7-3-4-18(23)26/h5-6,8,10,14H,3-4,7,9,11-12H2,1-2H3,(H,20,27). The number of nitrogens with one attached hydrogen (secondary N) is 1. The SMILES string of the molecule is COc1ccc(NC(=O)N2CC(n3cc(CN4CCCC4=O)nn3)C2)c(OC)c1. The van der Waals surface area contributed by atoms with Gasteiger partial charge in [-0.15, -0.1) is 5.10 Å². The zero-order valence-corrected chi connectivity index (χ0v) is 16.5. The van der Waals surface area contributed by atoms with Crippen molar-refractivity contribution in [1.82, 2.24) is 24.8 Å². The lowest BCUT2D eigenvalue weighted by molar-refractivity contribution is -0.128. The van der Waals surface area contributed by atoms with Crippen LogP contribution < -0.4 is 14.8 Å². The predicted octanol–water partition coefficient (Wildman–Crippen LogP) is 1.51. The number of carbonyl (C=O) groups excluding carboxylic acids is 2. The van der Waals surface area contributed by atoms with Gasteiger partial charge in [0.2, 0.25) is 5.91 Å². The molecule has 10 nitrogen and oxygen atoms in total. The van der Waals surface area contributed by atoms with Crippen LogP contribution in [0.5, 0.6) is 11.5 Å². The van der Waals surface area contributed by atoms with E-state index in [1.165, 1.54) is 0 Å². The number of methoxy groups -OCH3 is 2. The summed E-state index contributed by atoms with van der Waals surface area (Å²) in [7, 11) is 3.12. The first kappa shape index (κ1) is 19.0. The molecule has 1 aromatic carbocycles. The summed E-state index contributed by atoms with van der Waals surface area (Å²) in [5.74, 6) is 1.36. The fourth-order valence-electron chi connectivity index (χ4n) is 3.52. The highest BCUT2D eigenvalue weighted by Gasteiger charge is 2.33. The minimum absolute atomic E-state index is 0.0778. The molecule has 2 fully saturated rings. The zero-order valence-electron chi connectivity index (χ0n) is 16.5. The quantitative estimate of drug-likeness (QED) is 0.789. The smallest absolute Gasteiger partial charge is 0.322 e. The van der Waals surface area contributed by atoms with E-state index in [0.717, 1.165) is 18.7 Å². The average molecular weight is 400 g/mol. The molecule has 10 heteroatoms. The van der Waals surface area contributed by atoms with Crippen LogP contribution in [0.25, 0.3) is 0 Å². The third-order valence-electron chi connectivity index (χ3n) is 5.26. The van der Waals surface area contributed by atoms with E-state index in [9.17, 15) is 9.59 Å². The Morgan fingerprint density at radius 1 is 1.28 bits per heavy atom. The minimum atomic E-state index is -0.201. The second kappa shape index (κ2) is 7.98. The Morgan fingerprint density at radius 2 is 2.10 bits per heavy atom. The number of hydrogen-bond donors (Lipinski definition) is 1. The number of carbonyl (C=O) groups is 2. The van der Waals surface area contributed by atoms with Gasteiger partial charge in [-0.25, -0.2) is 9.48 Å². The Balaban J connectivity index is 1.31. The number of anilines is 1. The Morgan fingerprint density at radius 3 is 2.79 bits per heavy atom. The predicted molar refractivity (Wildman–Crippen MR) is 104 cm³/mol. The maximum atomic E-state index is 12.5. The molecule has 0 radical (unpaired) electrons. The molecule has 4 rings (SSSR count). The number of hydrogen-bond acceptors (Lipinski definition) is 6. The molecule has 0 atom stereocenters. The van der Waals surface area contributed by atoms with Crippen molar-refractivity contribution >= 4 is 17.6 Å². The lowest BCUT2D eigenvalue weighted by Crippen LogP contribution is -2.52. The molecule has 2 aliphatic heterocycles. The first-order valence-corrected chi connectivity index (χ1v) is 9.54. The lowest BCUT2D eigenvalue weighted by atomic mass is 10.1. The second-order valence-corrected chi connectivity index (χ2v) is 7.16. The lowest BCUT2D eigenvalue weighted by Gasteiger charge is -2.38. The molecular weight excluding hydrogens is 376 g/mol. The summed E-state index contributed by atoms with van der Waals surface area (Å²) in [6.45, 7) is 2.34. The molecule has 1 aromatic heterocycles. The summed E-state index contributed by atoms with van der Waals surface area (Å²) in [6, 6.07) is 5.10. The number of ether oxygens (including phenoxy) is 2. The van der Waals surface area contributed by atoms with E-state index in [4.69, 9.17) is 9.47 Å². The molecule has 154 valence electrons. The van der Waals surface area contributed by atoms with Crippen LogP contribution in [0.3, 0.4) is 0 Å². The number of aromatic nitrogens is 3. The van der Waals surface area contributed by atoms with Gasteiger partial charge >= 0.3 is 6.03 Å². The van der Waals surface area contributed by atoms with Crippen LogP contribution in [0.15, 0.2) is 24.4 Å². The Labute approximate surface area is 168 Å². The van der Waals surface area contributed by atoms with E-state index in [-0.39, 0.29) is 18.0 Å². The summed E-state index contributed by atoms with van der Waals surface area (Å²) < 4.78 is 12.3. The molecule has 0 saturated carbocycles. The summed E-state index contributed by atoms with van der Waals surface area (Å²) >= 11 is 0. The van der Waals surface area contributed by atoms with Crippen LogP contribution >= 0.6 is 0 Å². The second-order valence-electron chi connectivity index (χ2n) is 7.16. The normalized spacial score (nSPS) is 16.7. The van der Waals surface area contributed by atoms with Gasteiger partial charge in [-0.05, 0) is 18.6 Å². The van der Waals surface area contributed by atoms with Crippen LogP contribution in [-0.2, 0) is 11.3 Å². The molecule has 3 heterocycles. The van der Waals surface area contributed by atoms with Crippen LogP contribution in [0.2, 0.25) is 0 Å². The van der Waals surface area contributed by atoms with Crippen molar-refractivity contribution in [2.45, 2.75) is 25.4 Å². The van der Waals surface area contributed by atoms with Crippen molar-refractivity contribution in [3.8, 4) is 11.5 Å². The highest BCUT2D eigenvalue weighted by Crippen LogP contribution is 2.30. The summed E-state index contributed by atoms with van der Waals surface area (Å²) in [4.78, 5) is 27.7. The monoisotopic (exact) mass is 400 g/mol. The number of nitrogens with zero attached hydrogens (tertiary/aromatic N) is 5. The minimum Gasteiger partial charge on any atom is -0.497 e. The molecule has 29 heavy (non-hydrogen) atoms. The molecule has 2 saturated heterocycles. The van der Waals surface area contributed by atoms with Gasteiger partial charge < -0.3 is 24.6 Å². The van der Waals surface area contributed by atoms with Gasteiger partial charge in [0.05, 0.1) is 38.7 Å². The highest BCUT2D eigenvalue weighted by atomic mass is 16.5. The van der Waals surface area contributed by atoms with Crippen LogP contribution in [0, 0.1) is 0 Å². The topological polar surface area (TPSA) is 102 Å². The molecule has 0 aliphatic carbocycles. The molecule has 3 amide bonds. The largest absolute Gasteiger partial charge is 0.497 e. The first-order chi connectivity index (χ1) is 14.1. The van der Waals surface area contributed by atoms with Gasteiger partial charge in [0.25, 0.3) is 0 Å². The molecule has 0 bridgehead atoms. The molecule has 0 unspecified atom stereocenters. The number of amides is 3. The van der Waals surface area contributed by atoms with E-state index in [0.29, 0.717) is 43.2 Å². The van der Waals surface area contributed by atoms with Crippen molar-refractivity contribution < 1.29 is 19.1 Å². The maximum Gasteiger partial charge on any atom is 0.322 e. The van der Waals surface area contributed by atoms with Crippen LogP contribution in [0.1, 0.15) is 24.6 Å². The fraction of sp³-hybridized carbons (Fsp3) is 0.474. The number of likely N-dealkylation sites (tertiary alicyclic amines) is 2. The molecular formula is C19H24N6O4. The van der Waals surface area contributed by atoms with Crippen molar-refractivity contribution in [2.75, 3.05) is 39.2 Å². The number of rotatable bonds is 6. The van der Waals surface area contributed by atoms with E-state index in [2.05, 4.69) is 15.6 Å². The molecule has 0 spiro atoms. The van der Waals surface area contributed by atoms with Gasteiger partial charge in [-0.1, -0.05) is 5.21 Å². The van der Waals surface area contributed by atoms with E-state index in [1.807, 2.05) is 6.20 Å². The van der Waals surface area contributed by atoms with Crippen molar-refractivity contribution in [2.24, 2.45) is 0 Å². The van der Waals surface area contributed by atoms with Gasteiger partial charge in [0.15, 0.2) is 0 Å². The first-order valence-electron chi connectivity index (χ1n) is 9.54. The molecule has 2 aliphatic rings. The third-order valence-corrected chi connectivity index (χ3v) is 5.26. The summed E-state index contributed by atoms with van der Waals surface area (Å²) in [5, 5.41) is 11.2. The van der Waals surface area contributed by atoms with E-state index in [1.54, 1.807) is 46.9 Å². The Hall–Kier alpha value is -3.30.